The van der Waals surface area contributed by atoms with Crippen LogP contribution in [0.4, 0.5) is 0 Å². The average molecular weight is 286 g/mol. The van der Waals surface area contributed by atoms with E-state index in [2.05, 4.69) is 11.9 Å². The molecule has 1 aliphatic rings. The highest BCUT2D eigenvalue weighted by atomic mass is 16.3. The van der Waals surface area contributed by atoms with Gasteiger partial charge in [0.1, 0.15) is 5.56 Å². The van der Waals surface area contributed by atoms with Crippen LogP contribution < -0.4 is 11.2 Å². The number of hydrogen-bond donors (Lipinski definition) is 2. The smallest absolute Gasteiger partial charge is 0.331 e. The average Bonchev–Trinajstić information content (AvgIpc) is 3.12. The van der Waals surface area contributed by atoms with Crippen molar-refractivity contribution < 1.29 is 5.11 Å². The number of aryl methyl sites for hydroxylation is 1. The standard InChI is InChI=1S/C16H18N2O3/c1-9-5-3-4-6-12(9)13-14(19)17-16(21)18(15(13)20)8-11-7-10(11)2/h3-6,10-11,20H,7-8H2,1-2H3,(H,17,19,21). The van der Waals surface area contributed by atoms with Gasteiger partial charge < -0.3 is 5.11 Å². The Balaban J connectivity index is 2.17. The molecule has 110 valence electrons. The van der Waals surface area contributed by atoms with Crippen molar-refractivity contribution >= 4 is 0 Å². The number of aromatic hydroxyl groups is 1. The maximum absolute atomic E-state index is 12.1. The molecule has 0 radical (unpaired) electrons. The Morgan fingerprint density at radius 3 is 2.62 bits per heavy atom. The number of rotatable bonds is 3. The molecule has 0 bridgehead atoms. The Kier molecular flexibility index (Phi) is 3.20. The molecule has 0 saturated heterocycles. The molecule has 21 heavy (non-hydrogen) atoms. The molecule has 5 nitrogen and oxygen atoms in total. The van der Waals surface area contributed by atoms with Crippen molar-refractivity contribution in [2.75, 3.05) is 0 Å². The normalized spacial score (nSPS) is 20.5. The Morgan fingerprint density at radius 1 is 1.33 bits per heavy atom. The molecular formula is C16H18N2O3. The van der Waals surface area contributed by atoms with Crippen molar-refractivity contribution in [2.24, 2.45) is 11.8 Å². The molecule has 3 rings (SSSR count). The summed E-state index contributed by atoms with van der Waals surface area (Å²) in [5.41, 5.74) is 0.596. The SMILES string of the molecule is Cc1ccccc1-c1c(O)n(CC2CC2C)c(=O)[nH]c1=O. The minimum absolute atomic E-state index is 0.168. The largest absolute Gasteiger partial charge is 0.494 e. The highest BCUT2D eigenvalue weighted by molar-refractivity contribution is 5.70. The van der Waals surface area contributed by atoms with Crippen LogP contribution in [0.25, 0.3) is 11.1 Å². The molecule has 0 aliphatic heterocycles. The van der Waals surface area contributed by atoms with Crippen LogP contribution in [0.3, 0.4) is 0 Å². The molecule has 1 aromatic carbocycles. The summed E-state index contributed by atoms with van der Waals surface area (Å²) in [5, 5.41) is 10.4. The van der Waals surface area contributed by atoms with Crippen LogP contribution in [0.15, 0.2) is 33.9 Å². The lowest BCUT2D eigenvalue weighted by molar-refractivity contribution is 0.391. The number of nitrogens with zero attached hydrogens (tertiary/aromatic N) is 1. The molecule has 5 heteroatoms. The summed E-state index contributed by atoms with van der Waals surface area (Å²) in [6.07, 6.45) is 1.05. The molecule has 2 N–H and O–H groups in total. The van der Waals surface area contributed by atoms with Gasteiger partial charge >= 0.3 is 5.69 Å². The molecule has 0 spiro atoms. The lowest BCUT2D eigenvalue weighted by Crippen LogP contribution is -2.31. The summed E-state index contributed by atoms with van der Waals surface area (Å²) in [6, 6.07) is 7.31. The first-order chi connectivity index (χ1) is 9.99. The van der Waals surface area contributed by atoms with E-state index in [1.807, 2.05) is 19.1 Å². The first kappa shape index (κ1) is 13.7. The topological polar surface area (TPSA) is 75.1 Å². The van der Waals surface area contributed by atoms with E-state index in [0.717, 1.165) is 12.0 Å². The number of nitrogens with one attached hydrogen (secondary N) is 1. The Labute approximate surface area is 121 Å². The lowest BCUT2D eigenvalue weighted by atomic mass is 10.0. The molecule has 0 amide bonds. The van der Waals surface area contributed by atoms with Gasteiger partial charge in [0, 0.05) is 6.54 Å². The Hall–Kier alpha value is -2.30. The van der Waals surface area contributed by atoms with E-state index in [-0.39, 0.29) is 11.4 Å². The molecule has 1 fully saturated rings. The van der Waals surface area contributed by atoms with Crippen molar-refractivity contribution in [3.05, 3.63) is 50.7 Å². The number of benzene rings is 1. The van der Waals surface area contributed by atoms with Crippen LogP contribution in [0, 0.1) is 18.8 Å². The monoisotopic (exact) mass is 286 g/mol. The number of hydrogen-bond acceptors (Lipinski definition) is 3. The van der Waals surface area contributed by atoms with Crippen molar-refractivity contribution in [3.8, 4) is 17.0 Å². The van der Waals surface area contributed by atoms with Crippen molar-refractivity contribution in [1.82, 2.24) is 9.55 Å². The zero-order valence-electron chi connectivity index (χ0n) is 12.1. The van der Waals surface area contributed by atoms with Gasteiger partial charge in [-0.25, -0.2) is 4.79 Å². The molecule has 1 aromatic heterocycles. The molecular weight excluding hydrogens is 268 g/mol. The van der Waals surface area contributed by atoms with Crippen LogP contribution >= 0.6 is 0 Å². The zero-order chi connectivity index (χ0) is 15.1. The molecule has 1 heterocycles. The number of aromatic nitrogens is 2. The minimum Gasteiger partial charge on any atom is -0.494 e. The third-order valence-corrected chi connectivity index (χ3v) is 4.28. The summed E-state index contributed by atoms with van der Waals surface area (Å²) >= 11 is 0. The number of H-pyrrole nitrogens is 1. The summed E-state index contributed by atoms with van der Waals surface area (Å²) in [7, 11) is 0. The predicted octanol–water partition coefficient (Wildman–Crippen LogP) is 1.87. The highest BCUT2D eigenvalue weighted by Crippen LogP contribution is 2.39. The van der Waals surface area contributed by atoms with Gasteiger partial charge in [-0.3, -0.25) is 14.3 Å². The molecule has 2 atom stereocenters. The predicted molar refractivity (Wildman–Crippen MR) is 80.4 cm³/mol. The maximum Gasteiger partial charge on any atom is 0.331 e. The fourth-order valence-electron chi connectivity index (χ4n) is 2.71. The van der Waals surface area contributed by atoms with E-state index >= 15 is 0 Å². The van der Waals surface area contributed by atoms with Gasteiger partial charge in [-0.05, 0) is 36.3 Å². The first-order valence-electron chi connectivity index (χ1n) is 7.11. The second-order valence-corrected chi connectivity index (χ2v) is 5.86. The van der Waals surface area contributed by atoms with Crippen molar-refractivity contribution in [3.63, 3.8) is 0 Å². The maximum atomic E-state index is 12.1. The van der Waals surface area contributed by atoms with E-state index < -0.39 is 11.2 Å². The van der Waals surface area contributed by atoms with Gasteiger partial charge in [0.2, 0.25) is 5.88 Å². The van der Waals surface area contributed by atoms with Gasteiger partial charge in [-0.2, -0.15) is 0 Å². The highest BCUT2D eigenvalue weighted by Gasteiger charge is 2.34. The third-order valence-electron chi connectivity index (χ3n) is 4.28. The van der Waals surface area contributed by atoms with E-state index in [4.69, 9.17) is 0 Å². The summed E-state index contributed by atoms with van der Waals surface area (Å²) in [6.45, 7) is 4.43. The Bertz CT molecular complexity index is 804. The van der Waals surface area contributed by atoms with Gasteiger partial charge in [0.25, 0.3) is 5.56 Å². The van der Waals surface area contributed by atoms with Gasteiger partial charge in [-0.15, -0.1) is 0 Å². The van der Waals surface area contributed by atoms with Gasteiger partial charge in [0.15, 0.2) is 0 Å². The second-order valence-electron chi connectivity index (χ2n) is 5.86. The van der Waals surface area contributed by atoms with Gasteiger partial charge in [-0.1, -0.05) is 31.2 Å². The second kappa shape index (κ2) is 4.91. The quantitative estimate of drug-likeness (QED) is 0.904. The fourth-order valence-corrected chi connectivity index (χ4v) is 2.71. The first-order valence-corrected chi connectivity index (χ1v) is 7.11. The van der Waals surface area contributed by atoms with E-state index in [1.165, 1.54) is 4.57 Å². The number of aromatic amines is 1. The molecule has 2 aromatic rings. The zero-order valence-corrected chi connectivity index (χ0v) is 12.1. The molecule has 1 aliphatic carbocycles. The lowest BCUT2D eigenvalue weighted by Gasteiger charge is -2.12. The fraction of sp³-hybridized carbons (Fsp3) is 0.375. The van der Waals surface area contributed by atoms with Crippen molar-refractivity contribution in [1.29, 1.82) is 0 Å². The van der Waals surface area contributed by atoms with E-state index in [1.54, 1.807) is 12.1 Å². The summed E-state index contributed by atoms with van der Waals surface area (Å²) in [4.78, 5) is 26.4. The molecule has 1 saturated carbocycles. The van der Waals surface area contributed by atoms with Gasteiger partial charge in [0.05, 0.1) is 0 Å². The van der Waals surface area contributed by atoms with E-state index in [9.17, 15) is 14.7 Å². The van der Waals surface area contributed by atoms with Crippen LogP contribution in [0.2, 0.25) is 0 Å². The van der Waals surface area contributed by atoms with Crippen molar-refractivity contribution in [2.45, 2.75) is 26.8 Å². The van der Waals surface area contributed by atoms with E-state index in [0.29, 0.717) is 23.9 Å². The van der Waals surface area contributed by atoms with Crippen LogP contribution in [-0.2, 0) is 6.54 Å². The third kappa shape index (κ3) is 2.39. The van der Waals surface area contributed by atoms with Crippen LogP contribution in [-0.4, -0.2) is 14.7 Å². The summed E-state index contributed by atoms with van der Waals surface area (Å²) in [5.74, 6) is 0.714. The Morgan fingerprint density at radius 2 is 2.00 bits per heavy atom. The summed E-state index contributed by atoms with van der Waals surface area (Å²) < 4.78 is 1.28. The minimum atomic E-state index is -0.549. The van der Waals surface area contributed by atoms with Crippen LogP contribution in [0.5, 0.6) is 5.88 Å². The van der Waals surface area contributed by atoms with Crippen LogP contribution in [0.1, 0.15) is 18.9 Å². The molecule has 2 unspecified atom stereocenters.